The van der Waals surface area contributed by atoms with Gasteiger partial charge in [0, 0.05) is 12.6 Å². The van der Waals surface area contributed by atoms with Gasteiger partial charge in [0.05, 0.1) is 23.7 Å². The molecule has 0 saturated carbocycles. The summed E-state index contributed by atoms with van der Waals surface area (Å²) in [4.78, 5) is 15.2. The normalized spacial score (nSPS) is 17.8. The Balaban J connectivity index is 1.91. The second-order valence-electron chi connectivity index (χ2n) is 7.50. The highest BCUT2D eigenvalue weighted by Gasteiger charge is 2.35. The third kappa shape index (κ3) is 5.38. The number of carbonyl (C=O) groups excluding carboxylic acids is 1. The van der Waals surface area contributed by atoms with Crippen molar-refractivity contribution >= 4 is 15.7 Å². The van der Waals surface area contributed by atoms with Crippen molar-refractivity contribution in [3.05, 3.63) is 65.2 Å². The molecule has 0 bridgehead atoms. The SMILES string of the molecule is CCCOc1ccccc1C(=O)N(Cc1ccc(CC)cc1)C1CCS(=O)(=O)C1. The third-order valence-corrected chi connectivity index (χ3v) is 7.02. The molecule has 156 valence electrons. The van der Waals surface area contributed by atoms with Crippen molar-refractivity contribution in [2.45, 2.75) is 45.7 Å². The summed E-state index contributed by atoms with van der Waals surface area (Å²) in [6.07, 6.45) is 2.27. The molecule has 2 aromatic carbocycles. The van der Waals surface area contributed by atoms with Crippen LogP contribution < -0.4 is 4.74 Å². The summed E-state index contributed by atoms with van der Waals surface area (Å²) in [6, 6.07) is 15.0. The quantitative estimate of drug-likeness (QED) is 0.657. The zero-order valence-electron chi connectivity index (χ0n) is 17.1. The maximum absolute atomic E-state index is 13.5. The number of rotatable bonds is 8. The minimum Gasteiger partial charge on any atom is -0.493 e. The van der Waals surface area contributed by atoms with E-state index in [1.165, 1.54) is 5.56 Å². The summed E-state index contributed by atoms with van der Waals surface area (Å²) in [6.45, 7) is 5.02. The number of carbonyl (C=O) groups is 1. The molecule has 1 fully saturated rings. The Labute approximate surface area is 173 Å². The van der Waals surface area contributed by atoms with Gasteiger partial charge >= 0.3 is 0 Å². The summed E-state index contributed by atoms with van der Waals surface area (Å²) in [7, 11) is -3.11. The second-order valence-corrected chi connectivity index (χ2v) is 9.73. The predicted molar refractivity (Wildman–Crippen MR) is 115 cm³/mol. The Hall–Kier alpha value is -2.34. The van der Waals surface area contributed by atoms with Crippen LogP contribution in [0.4, 0.5) is 0 Å². The maximum atomic E-state index is 13.5. The van der Waals surface area contributed by atoms with Gasteiger partial charge < -0.3 is 9.64 Å². The number of para-hydroxylation sites is 1. The van der Waals surface area contributed by atoms with Crippen molar-refractivity contribution < 1.29 is 17.9 Å². The van der Waals surface area contributed by atoms with E-state index in [0.717, 1.165) is 18.4 Å². The Morgan fingerprint density at radius 3 is 2.38 bits per heavy atom. The van der Waals surface area contributed by atoms with Gasteiger partial charge in [-0.05, 0) is 42.5 Å². The second kappa shape index (κ2) is 9.44. The number of hydrogen-bond acceptors (Lipinski definition) is 4. The Bertz CT molecular complexity index is 938. The van der Waals surface area contributed by atoms with Gasteiger partial charge in [-0.1, -0.05) is 50.2 Å². The van der Waals surface area contributed by atoms with Crippen LogP contribution in [0, 0.1) is 0 Å². The van der Waals surface area contributed by atoms with E-state index in [-0.39, 0.29) is 23.5 Å². The van der Waals surface area contributed by atoms with Crippen LogP contribution in [0.5, 0.6) is 5.75 Å². The van der Waals surface area contributed by atoms with Gasteiger partial charge in [0.2, 0.25) is 0 Å². The first-order chi connectivity index (χ1) is 13.9. The lowest BCUT2D eigenvalue weighted by Gasteiger charge is -2.29. The average molecular weight is 416 g/mol. The van der Waals surface area contributed by atoms with Gasteiger partial charge in [0.1, 0.15) is 5.75 Å². The lowest BCUT2D eigenvalue weighted by atomic mass is 10.1. The molecule has 5 nitrogen and oxygen atoms in total. The van der Waals surface area contributed by atoms with Gasteiger partial charge in [0.25, 0.3) is 5.91 Å². The lowest BCUT2D eigenvalue weighted by Crippen LogP contribution is -2.40. The number of amides is 1. The summed E-state index contributed by atoms with van der Waals surface area (Å²) >= 11 is 0. The predicted octanol–water partition coefficient (Wildman–Crippen LogP) is 3.87. The molecule has 1 aliphatic heterocycles. The Morgan fingerprint density at radius 2 is 1.76 bits per heavy atom. The zero-order valence-corrected chi connectivity index (χ0v) is 18.0. The van der Waals surface area contributed by atoms with Crippen LogP contribution >= 0.6 is 0 Å². The summed E-state index contributed by atoms with van der Waals surface area (Å²) in [5, 5.41) is 0. The monoisotopic (exact) mass is 415 g/mol. The van der Waals surface area contributed by atoms with Crippen LogP contribution in [0.2, 0.25) is 0 Å². The molecule has 1 aliphatic rings. The van der Waals surface area contributed by atoms with E-state index in [4.69, 9.17) is 4.74 Å². The number of ether oxygens (including phenoxy) is 1. The molecule has 0 aliphatic carbocycles. The fraction of sp³-hybridized carbons (Fsp3) is 0.435. The van der Waals surface area contributed by atoms with Crippen LogP contribution in [0.25, 0.3) is 0 Å². The Morgan fingerprint density at radius 1 is 1.07 bits per heavy atom. The van der Waals surface area contributed by atoms with Crippen LogP contribution in [-0.4, -0.2) is 43.4 Å². The summed E-state index contributed by atoms with van der Waals surface area (Å²) in [5.41, 5.74) is 2.70. The van der Waals surface area contributed by atoms with Crippen molar-refractivity contribution in [2.75, 3.05) is 18.1 Å². The first-order valence-corrected chi connectivity index (χ1v) is 12.1. The largest absolute Gasteiger partial charge is 0.493 e. The van der Waals surface area contributed by atoms with E-state index < -0.39 is 9.84 Å². The number of benzene rings is 2. The number of nitrogens with zero attached hydrogens (tertiary/aromatic N) is 1. The highest BCUT2D eigenvalue weighted by molar-refractivity contribution is 7.91. The zero-order chi connectivity index (χ0) is 20.9. The van der Waals surface area contributed by atoms with E-state index in [0.29, 0.717) is 30.9 Å². The van der Waals surface area contributed by atoms with E-state index >= 15 is 0 Å². The molecule has 3 rings (SSSR count). The van der Waals surface area contributed by atoms with Crippen LogP contribution in [0.15, 0.2) is 48.5 Å². The molecule has 1 heterocycles. The van der Waals surface area contributed by atoms with Gasteiger partial charge in [-0.2, -0.15) is 0 Å². The van der Waals surface area contributed by atoms with E-state index in [2.05, 4.69) is 19.1 Å². The molecule has 0 N–H and O–H groups in total. The molecular weight excluding hydrogens is 386 g/mol. The first-order valence-electron chi connectivity index (χ1n) is 10.2. The molecule has 29 heavy (non-hydrogen) atoms. The average Bonchev–Trinajstić information content (AvgIpc) is 3.10. The van der Waals surface area contributed by atoms with Crippen molar-refractivity contribution in [1.82, 2.24) is 4.90 Å². The van der Waals surface area contributed by atoms with E-state index in [9.17, 15) is 13.2 Å². The Kier molecular flexibility index (Phi) is 6.96. The molecule has 0 spiro atoms. The van der Waals surface area contributed by atoms with Gasteiger partial charge in [-0.15, -0.1) is 0 Å². The minimum atomic E-state index is -3.11. The lowest BCUT2D eigenvalue weighted by molar-refractivity contribution is 0.0676. The molecule has 2 aromatic rings. The summed E-state index contributed by atoms with van der Waals surface area (Å²) in [5.74, 6) is 0.512. The van der Waals surface area contributed by atoms with Crippen LogP contribution in [0.1, 0.15) is 48.2 Å². The molecule has 0 aromatic heterocycles. The molecular formula is C23H29NO4S. The minimum absolute atomic E-state index is 0.0176. The third-order valence-electron chi connectivity index (χ3n) is 5.27. The number of aryl methyl sites for hydroxylation is 1. The van der Waals surface area contributed by atoms with E-state index in [1.54, 1.807) is 17.0 Å². The van der Waals surface area contributed by atoms with Crippen molar-refractivity contribution in [3.63, 3.8) is 0 Å². The van der Waals surface area contributed by atoms with Crippen LogP contribution in [0.3, 0.4) is 0 Å². The molecule has 1 unspecified atom stereocenters. The van der Waals surface area contributed by atoms with Crippen molar-refractivity contribution in [3.8, 4) is 5.75 Å². The van der Waals surface area contributed by atoms with Crippen molar-refractivity contribution in [1.29, 1.82) is 0 Å². The standard InChI is InChI=1S/C23H29NO4S/c1-3-14-28-22-8-6-5-7-21(22)23(25)24(20-13-15-29(26,27)17-20)16-19-11-9-18(4-2)10-12-19/h5-12,20H,3-4,13-17H2,1-2H3. The number of sulfone groups is 1. The highest BCUT2D eigenvalue weighted by Crippen LogP contribution is 2.26. The maximum Gasteiger partial charge on any atom is 0.258 e. The summed E-state index contributed by atoms with van der Waals surface area (Å²) < 4.78 is 29.9. The number of hydrogen-bond donors (Lipinski definition) is 0. The fourth-order valence-electron chi connectivity index (χ4n) is 3.60. The van der Waals surface area contributed by atoms with Gasteiger partial charge in [-0.25, -0.2) is 8.42 Å². The topological polar surface area (TPSA) is 63.7 Å². The molecule has 1 saturated heterocycles. The molecule has 6 heteroatoms. The van der Waals surface area contributed by atoms with Gasteiger partial charge in [-0.3, -0.25) is 4.79 Å². The fourth-order valence-corrected chi connectivity index (χ4v) is 5.33. The van der Waals surface area contributed by atoms with Gasteiger partial charge in [0.15, 0.2) is 9.84 Å². The molecule has 1 atom stereocenters. The smallest absolute Gasteiger partial charge is 0.258 e. The molecule has 0 radical (unpaired) electrons. The molecule has 1 amide bonds. The highest BCUT2D eigenvalue weighted by atomic mass is 32.2. The van der Waals surface area contributed by atoms with Crippen molar-refractivity contribution in [2.24, 2.45) is 0 Å². The van der Waals surface area contributed by atoms with Crippen LogP contribution in [-0.2, 0) is 22.8 Å². The van der Waals surface area contributed by atoms with E-state index in [1.807, 2.05) is 31.2 Å². The first kappa shape index (κ1) is 21.4.